The molecule has 0 aromatic carbocycles. The maximum absolute atomic E-state index is 11.2. The molecule has 0 aliphatic carbocycles. The molecule has 0 saturated carbocycles. The van der Waals surface area contributed by atoms with E-state index in [0.29, 0.717) is 18.9 Å². The molecule has 0 aliphatic rings. The van der Waals surface area contributed by atoms with Crippen molar-refractivity contribution < 1.29 is 14.6 Å². The number of aromatic carboxylic acids is 1. The molecule has 0 aliphatic heterocycles. The van der Waals surface area contributed by atoms with Crippen LogP contribution in [0.2, 0.25) is 0 Å². The fraction of sp³-hybridized carbons (Fsp3) is 0.500. The Labute approximate surface area is 92.3 Å². The second-order valence-electron chi connectivity index (χ2n) is 3.65. The lowest BCUT2D eigenvalue weighted by molar-refractivity contribution is 0.0689. The Hall–Kier alpha value is -1.69. The molecule has 1 aromatic rings. The highest BCUT2D eigenvalue weighted by Gasteiger charge is 2.10. The van der Waals surface area contributed by atoms with Crippen LogP contribution in [0.25, 0.3) is 0 Å². The summed E-state index contributed by atoms with van der Waals surface area (Å²) in [6.45, 7) is 2.46. The van der Waals surface area contributed by atoms with Crippen molar-refractivity contribution in [2.45, 2.75) is 13.3 Å². The van der Waals surface area contributed by atoms with E-state index in [9.17, 15) is 9.59 Å². The fourth-order valence-electron chi connectivity index (χ4n) is 1.39. The Kier molecular flexibility index (Phi) is 4.19. The van der Waals surface area contributed by atoms with Gasteiger partial charge in [-0.3, -0.25) is 4.79 Å². The van der Waals surface area contributed by atoms with Gasteiger partial charge in [-0.25, -0.2) is 9.78 Å². The van der Waals surface area contributed by atoms with E-state index >= 15 is 0 Å². The number of methoxy groups -OCH3 is 1. The third-order valence-electron chi connectivity index (χ3n) is 2.00. The molecule has 88 valence electrons. The van der Waals surface area contributed by atoms with Crippen LogP contribution >= 0.6 is 0 Å². The maximum atomic E-state index is 11.2. The summed E-state index contributed by atoms with van der Waals surface area (Å²) < 4.78 is 4.95. The van der Waals surface area contributed by atoms with Crippen molar-refractivity contribution in [2.24, 2.45) is 5.92 Å². The minimum absolute atomic E-state index is 0.164. The SMILES string of the molecule is COCC(C)Cc1nc(C(=O)O)cc(=O)[nH]1. The summed E-state index contributed by atoms with van der Waals surface area (Å²) in [6.07, 6.45) is 0.476. The van der Waals surface area contributed by atoms with Crippen molar-refractivity contribution >= 4 is 5.97 Å². The van der Waals surface area contributed by atoms with Gasteiger partial charge in [-0.05, 0) is 5.92 Å². The van der Waals surface area contributed by atoms with E-state index in [4.69, 9.17) is 9.84 Å². The van der Waals surface area contributed by atoms with Gasteiger partial charge in [-0.1, -0.05) is 6.92 Å². The average molecular weight is 226 g/mol. The lowest BCUT2D eigenvalue weighted by atomic mass is 10.1. The third kappa shape index (κ3) is 3.47. The molecule has 2 N–H and O–H groups in total. The summed E-state index contributed by atoms with van der Waals surface area (Å²) in [4.78, 5) is 28.2. The Balaban J connectivity index is 2.88. The quantitative estimate of drug-likeness (QED) is 0.753. The molecule has 0 bridgehead atoms. The van der Waals surface area contributed by atoms with Crippen molar-refractivity contribution in [3.63, 3.8) is 0 Å². The lowest BCUT2D eigenvalue weighted by Gasteiger charge is -2.09. The maximum Gasteiger partial charge on any atom is 0.354 e. The number of hydrogen-bond acceptors (Lipinski definition) is 4. The Morgan fingerprint density at radius 2 is 2.38 bits per heavy atom. The number of hydrogen-bond donors (Lipinski definition) is 2. The second kappa shape index (κ2) is 5.41. The first-order valence-corrected chi connectivity index (χ1v) is 4.85. The monoisotopic (exact) mass is 226 g/mol. The molecule has 0 saturated heterocycles. The smallest absolute Gasteiger partial charge is 0.354 e. The minimum atomic E-state index is -1.20. The van der Waals surface area contributed by atoms with E-state index in [2.05, 4.69) is 9.97 Å². The van der Waals surface area contributed by atoms with Gasteiger partial charge in [0.1, 0.15) is 5.82 Å². The van der Waals surface area contributed by atoms with Gasteiger partial charge in [-0.15, -0.1) is 0 Å². The minimum Gasteiger partial charge on any atom is -0.477 e. The van der Waals surface area contributed by atoms with Crippen LogP contribution in [-0.4, -0.2) is 34.8 Å². The largest absolute Gasteiger partial charge is 0.477 e. The van der Waals surface area contributed by atoms with Crippen LogP contribution in [0.5, 0.6) is 0 Å². The molecule has 1 aromatic heterocycles. The first kappa shape index (κ1) is 12.4. The van der Waals surface area contributed by atoms with Crippen molar-refractivity contribution in [1.82, 2.24) is 9.97 Å². The zero-order valence-electron chi connectivity index (χ0n) is 9.19. The number of ether oxygens (including phenoxy) is 1. The lowest BCUT2D eigenvalue weighted by Crippen LogP contribution is -2.18. The van der Waals surface area contributed by atoms with E-state index in [1.54, 1.807) is 7.11 Å². The number of aromatic amines is 1. The van der Waals surface area contributed by atoms with E-state index < -0.39 is 11.5 Å². The number of nitrogens with one attached hydrogen (secondary N) is 1. The topological polar surface area (TPSA) is 92.3 Å². The van der Waals surface area contributed by atoms with Crippen LogP contribution in [0.15, 0.2) is 10.9 Å². The highest BCUT2D eigenvalue weighted by Crippen LogP contribution is 2.03. The van der Waals surface area contributed by atoms with Crippen molar-refractivity contribution in [3.05, 3.63) is 27.9 Å². The molecule has 0 spiro atoms. The van der Waals surface area contributed by atoms with E-state index in [1.807, 2.05) is 6.92 Å². The number of rotatable bonds is 5. The van der Waals surface area contributed by atoms with Gasteiger partial charge in [0.25, 0.3) is 5.56 Å². The molecule has 1 unspecified atom stereocenters. The summed E-state index contributed by atoms with van der Waals surface area (Å²) in [5, 5.41) is 8.73. The molecule has 1 rings (SSSR count). The van der Waals surface area contributed by atoms with Crippen LogP contribution < -0.4 is 5.56 Å². The van der Waals surface area contributed by atoms with Crippen LogP contribution in [0, 0.1) is 5.92 Å². The second-order valence-corrected chi connectivity index (χ2v) is 3.65. The summed E-state index contributed by atoms with van der Waals surface area (Å²) in [7, 11) is 1.58. The number of carboxylic acids is 1. The average Bonchev–Trinajstić information content (AvgIpc) is 2.16. The highest BCUT2D eigenvalue weighted by molar-refractivity contribution is 5.85. The zero-order valence-corrected chi connectivity index (χ0v) is 9.19. The summed E-state index contributed by atoms with van der Waals surface area (Å²) in [6, 6.07) is 0.965. The molecule has 1 heterocycles. The van der Waals surface area contributed by atoms with Gasteiger partial charge in [0.05, 0.1) is 0 Å². The van der Waals surface area contributed by atoms with Crippen LogP contribution in [0.3, 0.4) is 0 Å². The molecule has 0 amide bonds. The van der Waals surface area contributed by atoms with Gasteiger partial charge < -0.3 is 14.8 Å². The van der Waals surface area contributed by atoms with Crippen molar-refractivity contribution in [3.8, 4) is 0 Å². The summed E-state index contributed by atoms with van der Waals surface area (Å²) in [5.41, 5.74) is -0.685. The van der Waals surface area contributed by atoms with Crippen molar-refractivity contribution in [1.29, 1.82) is 0 Å². The zero-order chi connectivity index (χ0) is 12.1. The standard InChI is InChI=1S/C10H14N2O4/c1-6(5-16-2)3-8-11-7(10(14)15)4-9(13)12-8/h4,6H,3,5H2,1-2H3,(H,14,15)(H,11,12,13). The summed E-state index contributed by atoms with van der Waals surface area (Å²) in [5.74, 6) is -0.668. The summed E-state index contributed by atoms with van der Waals surface area (Å²) >= 11 is 0. The van der Waals surface area contributed by atoms with E-state index in [0.717, 1.165) is 6.07 Å². The molecule has 6 heteroatoms. The molecular weight excluding hydrogens is 212 g/mol. The Morgan fingerprint density at radius 3 is 2.94 bits per heavy atom. The molecule has 6 nitrogen and oxygen atoms in total. The van der Waals surface area contributed by atoms with Crippen LogP contribution in [-0.2, 0) is 11.2 Å². The van der Waals surface area contributed by atoms with Crippen LogP contribution in [0.4, 0.5) is 0 Å². The predicted octanol–water partition coefficient (Wildman–Crippen LogP) is 0.293. The first-order valence-electron chi connectivity index (χ1n) is 4.85. The molecule has 0 fully saturated rings. The van der Waals surface area contributed by atoms with Gasteiger partial charge >= 0.3 is 5.97 Å². The van der Waals surface area contributed by atoms with Gasteiger partial charge in [0.15, 0.2) is 5.69 Å². The Morgan fingerprint density at radius 1 is 1.69 bits per heavy atom. The highest BCUT2D eigenvalue weighted by atomic mass is 16.5. The van der Waals surface area contributed by atoms with Gasteiger partial charge in [0, 0.05) is 26.2 Å². The molecule has 16 heavy (non-hydrogen) atoms. The Bertz CT molecular complexity index is 427. The number of carboxylic acid groups (broad SMARTS) is 1. The number of carbonyl (C=O) groups is 1. The van der Waals surface area contributed by atoms with Gasteiger partial charge in [0.2, 0.25) is 0 Å². The number of nitrogens with zero attached hydrogens (tertiary/aromatic N) is 1. The molecule has 0 radical (unpaired) electrons. The predicted molar refractivity (Wildman–Crippen MR) is 56.6 cm³/mol. The van der Waals surface area contributed by atoms with E-state index in [1.165, 1.54) is 0 Å². The normalized spacial score (nSPS) is 12.4. The molecular formula is C10H14N2O4. The molecule has 1 atom stereocenters. The fourth-order valence-corrected chi connectivity index (χ4v) is 1.39. The van der Waals surface area contributed by atoms with E-state index in [-0.39, 0.29) is 11.6 Å². The third-order valence-corrected chi connectivity index (χ3v) is 2.00. The first-order chi connectivity index (χ1) is 7.52. The van der Waals surface area contributed by atoms with Crippen molar-refractivity contribution in [2.75, 3.05) is 13.7 Å². The van der Waals surface area contributed by atoms with Crippen LogP contribution in [0.1, 0.15) is 23.2 Å². The van der Waals surface area contributed by atoms with Gasteiger partial charge in [-0.2, -0.15) is 0 Å². The number of H-pyrrole nitrogens is 1. The number of aromatic nitrogens is 2.